The number of aliphatic imine (C=N–C) groups is 2. The van der Waals surface area contributed by atoms with Crippen molar-refractivity contribution in [2.45, 2.75) is 6.42 Å². The molecule has 1 aliphatic rings. The zero-order chi connectivity index (χ0) is 32.3. The van der Waals surface area contributed by atoms with E-state index in [1.54, 1.807) is 0 Å². The zero-order valence-electron chi connectivity index (χ0n) is 26.4. The summed E-state index contributed by atoms with van der Waals surface area (Å²) >= 11 is 0. The van der Waals surface area contributed by atoms with Crippen LogP contribution in [-0.4, -0.2) is 11.5 Å². The smallest absolute Gasteiger partial charge is 0.160 e. The minimum Gasteiger partial charge on any atom is -0.456 e. The first-order valence-electron chi connectivity index (χ1n) is 16.5. The van der Waals surface area contributed by atoms with Crippen LogP contribution in [0.4, 0.5) is 0 Å². The number of rotatable bonds is 4. The molecule has 0 amide bonds. The molecule has 0 saturated carbocycles. The van der Waals surface area contributed by atoms with Crippen molar-refractivity contribution in [2.24, 2.45) is 9.98 Å². The lowest BCUT2D eigenvalue weighted by Crippen LogP contribution is -2.05. The molecule has 0 aliphatic carbocycles. The Morgan fingerprint density at radius 2 is 1.08 bits per heavy atom. The van der Waals surface area contributed by atoms with Crippen LogP contribution < -0.4 is 0 Å². The summed E-state index contributed by atoms with van der Waals surface area (Å²) in [6.07, 6.45) is 2.83. The van der Waals surface area contributed by atoms with Gasteiger partial charge in [0.25, 0.3) is 0 Å². The van der Waals surface area contributed by atoms with Crippen LogP contribution in [0.15, 0.2) is 177 Å². The van der Waals surface area contributed by atoms with Crippen LogP contribution in [0.2, 0.25) is 0 Å². The van der Waals surface area contributed by atoms with Crippen LogP contribution >= 0.6 is 0 Å². The summed E-state index contributed by atoms with van der Waals surface area (Å²) in [7, 11) is 0. The van der Waals surface area contributed by atoms with Crippen molar-refractivity contribution >= 4 is 71.9 Å². The van der Waals surface area contributed by atoms with E-state index >= 15 is 0 Å². The molecule has 10 rings (SSSR count). The maximum absolute atomic E-state index is 6.46. The molecule has 1 aliphatic heterocycles. The Bertz CT molecular complexity index is 2850. The Morgan fingerprint density at radius 3 is 1.94 bits per heavy atom. The lowest BCUT2D eigenvalue weighted by molar-refractivity contribution is 0.668. The number of furan rings is 2. The summed E-state index contributed by atoms with van der Waals surface area (Å²) in [6, 6.07) is 52.5. The van der Waals surface area contributed by atoms with Crippen LogP contribution in [0.5, 0.6) is 0 Å². The molecular formula is C45H28N2O2. The monoisotopic (exact) mass is 628 g/mol. The fourth-order valence-corrected chi connectivity index (χ4v) is 7.20. The average Bonchev–Trinajstić information content (AvgIpc) is 3.65. The first-order chi connectivity index (χ1) is 24.3. The van der Waals surface area contributed by atoms with E-state index in [9.17, 15) is 0 Å². The van der Waals surface area contributed by atoms with Gasteiger partial charge in [-0.25, -0.2) is 9.98 Å². The van der Waals surface area contributed by atoms with Gasteiger partial charge in [0.2, 0.25) is 0 Å². The van der Waals surface area contributed by atoms with Gasteiger partial charge in [-0.1, -0.05) is 121 Å². The molecule has 9 aromatic rings. The highest BCUT2D eigenvalue weighted by molar-refractivity contribution is 6.24. The van der Waals surface area contributed by atoms with E-state index in [-0.39, 0.29) is 0 Å². The third-order valence-corrected chi connectivity index (χ3v) is 9.56. The molecule has 3 heterocycles. The molecule has 0 saturated heterocycles. The molecule has 2 aromatic heterocycles. The van der Waals surface area contributed by atoms with E-state index < -0.39 is 0 Å². The number of allylic oxidation sites excluding steroid dienone is 1. The van der Waals surface area contributed by atoms with Gasteiger partial charge in [-0.05, 0) is 63.9 Å². The minimum atomic E-state index is 0.632. The molecule has 7 aromatic carbocycles. The number of hydrogen-bond donors (Lipinski definition) is 0. The van der Waals surface area contributed by atoms with Crippen molar-refractivity contribution in [2.75, 3.05) is 0 Å². The Labute approximate surface area is 282 Å². The Kier molecular flexibility index (Phi) is 6.21. The lowest BCUT2D eigenvalue weighted by atomic mass is 9.98. The molecule has 49 heavy (non-hydrogen) atoms. The molecular weight excluding hydrogens is 601 g/mol. The van der Waals surface area contributed by atoms with Gasteiger partial charge in [-0.2, -0.15) is 0 Å². The number of amidine groups is 1. The topological polar surface area (TPSA) is 51.0 Å². The van der Waals surface area contributed by atoms with Gasteiger partial charge in [0.1, 0.15) is 22.3 Å². The largest absolute Gasteiger partial charge is 0.456 e. The standard InChI is InChI=1S/C45H28N2O2/c1-2-11-29(12-3-1)37-23-24-38(33-15-8-18-41-43(33)34-14-6-7-17-39(34)48-41)47-45(46-37)35-16-9-19-42-44(35)36-27-32(22-25-40(36)49-42)31-21-20-28-10-4-5-13-30(28)26-31/h1-22,24-27H,23H2. The van der Waals surface area contributed by atoms with Gasteiger partial charge in [-0.15, -0.1) is 0 Å². The average molecular weight is 629 g/mol. The van der Waals surface area contributed by atoms with Gasteiger partial charge >= 0.3 is 0 Å². The minimum absolute atomic E-state index is 0.632. The van der Waals surface area contributed by atoms with Gasteiger partial charge in [0.05, 0.1) is 11.4 Å². The van der Waals surface area contributed by atoms with Crippen LogP contribution in [0.25, 0.3) is 71.5 Å². The third-order valence-electron chi connectivity index (χ3n) is 9.56. The predicted molar refractivity (Wildman–Crippen MR) is 202 cm³/mol. The second kappa shape index (κ2) is 11.0. The first-order valence-corrected chi connectivity index (χ1v) is 16.5. The van der Waals surface area contributed by atoms with E-state index in [2.05, 4.69) is 115 Å². The number of benzene rings is 7. The highest BCUT2D eigenvalue weighted by atomic mass is 16.3. The fourth-order valence-electron chi connectivity index (χ4n) is 7.20. The van der Waals surface area contributed by atoms with E-state index in [0.29, 0.717) is 12.3 Å². The van der Waals surface area contributed by atoms with Crippen LogP contribution in [0, 0.1) is 0 Å². The van der Waals surface area contributed by atoms with Gasteiger partial charge < -0.3 is 8.83 Å². The maximum atomic E-state index is 6.46. The van der Waals surface area contributed by atoms with Crippen LogP contribution in [0.3, 0.4) is 0 Å². The molecule has 4 heteroatoms. The zero-order valence-corrected chi connectivity index (χ0v) is 26.4. The highest BCUT2D eigenvalue weighted by Crippen LogP contribution is 2.39. The first kappa shape index (κ1) is 27.6. The van der Waals surface area contributed by atoms with Crippen molar-refractivity contribution in [3.8, 4) is 11.1 Å². The van der Waals surface area contributed by atoms with Gasteiger partial charge in [0.15, 0.2) is 5.84 Å². The SMILES string of the molecule is C1=C(c2cccc3oc4ccccc4c23)N=C(c2cccc3oc4ccc(-c5ccc6ccccc6c5)cc4c23)N=C(c2ccccc2)C1. The van der Waals surface area contributed by atoms with Crippen molar-refractivity contribution in [3.63, 3.8) is 0 Å². The summed E-state index contributed by atoms with van der Waals surface area (Å²) in [5.41, 5.74) is 10.5. The molecule has 0 N–H and O–H groups in total. The number of para-hydroxylation sites is 1. The molecule has 0 radical (unpaired) electrons. The molecule has 0 atom stereocenters. The Balaban J connectivity index is 1.20. The summed E-state index contributed by atoms with van der Waals surface area (Å²) in [5.74, 6) is 0.650. The number of fused-ring (bicyclic) bond motifs is 7. The number of hydrogen-bond acceptors (Lipinski definition) is 4. The summed E-state index contributed by atoms with van der Waals surface area (Å²) in [6.45, 7) is 0. The summed E-state index contributed by atoms with van der Waals surface area (Å²) in [4.78, 5) is 10.7. The molecule has 0 fully saturated rings. The second-order valence-corrected chi connectivity index (χ2v) is 12.5. The Morgan fingerprint density at radius 1 is 0.429 bits per heavy atom. The quantitative estimate of drug-likeness (QED) is 0.195. The van der Waals surface area contributed by atoms with Crippen molar-refractivity contribution in [1.29, 1.82) is 0 Å². The normalized spacial score (nSPS) is 13.6. The molecule has 0 bridgehead atoms. The van der Waals surface area contributed by atoms with Crippen molar-refractivity contribution in [3.05, 3.63) is 174 Å². The highest BCUT2D eigenvalue weighted by Gasteiger charge is 2.21. The Hall–Kier alpha value is -6.52. The predicted octanol–water partition coefficient (Wildman–Crippen LogP) is 12.0. The summed E-state index contributed by atoms with van der Waals surface area (Å²) in [5, 5.41) is 6.61. The number of nitrogens with zero attached hydrogens (tertiary/aromatic N) is 2. The molecule has 4 nitrogen and oxygen atoms in total. The molecule has 0 unspecified atom stereocenters. The molecule has 230 valence electrons. The van der Waals surface area contributed by atoms with Gasteiger partial charge in [0, 0.05) is 39.1 Å². The summed E-state index contributed by atoms with van der Waals surface area (Å²) < 4.78 is 12.7. The maximum Gasteiger partial charge on any atom is 0.160 e. The van der Waals surface area contributed by atoms with E-state index in [1.807, 2.05) is 42.5 Å². The molecule has 0 spiro atoms. The van der Waals surface area contributed by atoms with Crippen molar-refractivity contribution < 1.29 is 8.83 Å². The third kappa shape index (κ3) is 4.61. The second-order valence-electron chi connectivity index (χ2n) is 12.5. The van der Waals surface area contributed by atoms with Crippen molar-refractivity contribution in [1.82, 2.24) is 0 Å². The van der Waals surface area contributed by atoms with E-state index in [1.165, 1.54) is 10.8 Å². The van der Waals surface area contributed by atoms with Gasteiger partial charge in [-0.3, -0.25) is 0 Å². The lowest BCUT2D eigenvalue weighted by Gasteiger charge is -2.08. The van der Waals surface area contributed by atoms with E-state index in [4.69, 9.17) is 18.8 Å². The van der Waals surface area contributed by atoms with E-state index in [0.717, 1.165) is 83.1 Å². The van der Waals surface area contributed by atoms with Crippen LogP contribution in [0.1, 0.15) is 23.1 Å². The fraction of sp³-hybridized carbons (Fsp3) is 0.0222. The van der Waals surface area contributed by atoms with Crippen LogP contribution in [-0.2, 0) is 0 Å².